The van der Waals surface area contributed by atoms with Crippen LogP contribution < -0.4 is 0 Å². The summed E-state index contributed by atoms with van der Waals surface area (Å²) in [7, 11) is 0. The zero-order chi connectivity index (χ0) is 7.97. The van der Waals surface area contributed by atoms with Crippen molar-refractivity contribution in [2.45, 2.75) is 32.1 Å². The first-order valence-corrected chi connectivity index (χ1v) is 5.26. The van der Waals surface area contributed by atoms with Crippen LogP contribution in [0.2, 0.25) is 0 Å². The lowest BCUT2D eigenvalue weighted by molar-refractivity contribution is 0.271. The Balaban J connectivity index is 1.75. The fourth-order valence-corrected chi connectivity index (χ4v) is 3.32. The fraction of sp³-hybridized carbons (Fsp3) is 0.667. The maximum atomic E-state index is 2.49. The number of hydrogen-bond acceptors (Lipinski definition) is 0. The lowest BCUT2D eigenvalue weighted by Crippen LogP contribution is -2.17. The van der Waals surface area contributed by atoms with Crippen molar-refractivity contribution < 1.29 is 0 Å². The number of hydrogen-bond donors (Lipinski definition) is 0. The van der Waals surface area contributed by atoms with Crippen LogP contribution in [0.3, 0.4) is 0 Å². The third kappa shape index (κ3) is 0.903. The highest BCUT2D eigenvalue weighted by atomic mass is 14.4. The number of allylic oxidation sites excluding steroid dienone is 4. The van der Waals surface area contributed by atoms with Gasteiger partial charge in [-0.3, -0.25) is 0 Å². The second-order valence-corrected chi connectivity index (χ2v) is 4.63. The van der Waals surface area contributed by atoms with E-state index < -0.39 is 0 Å². The van der Waals surface area contributed by atoms with Crippen LogP contribution in [0.1, 0.15) is 32.1 Å². The Bertz CT molecular complexity index is 239. The quantitative estimate of drug-likeness (QED) is 0.516. The van der Waals surface area contributed by atoms with E-state index in [2.05, 4.69) is 18.2 Å². The molecule has 1 saturated carbocycles. The van der Waals surface area contributed by atoms with Crippen molar-refractivity contribution in [3.05, 3.63) is 23.8 Å². The lowest BCUT2D eigenvalue weighted by Gasteiger charge is -2.25. The zero-order valence-electron chi connectivity index (χ0n) is 7.50. The van der Waals surface area contributed by atoms with Crippen molar-refractivity contribution in [1.29, 1.82) is 0 Å². The summed E-state index contributed by atoms with van der Waals surface area (Å²) in [5.74, 6) is 3.12. The Labute approximate surface area is 74.4 Å². The zero-order valence-corrected chi connectivity index (χ0v) is 7.50. The number of rotatable bonds is 1. The topological polar surface area (TPSA) is 0 Å². The van der Waals surface area contributed by atoms with Gasteiger partial charge in [0.25, 0.3) is 0 Å². The first-order chi connectivity index (χ1) is 5.93. The van der Waals surface area contributed by atoms with E-state index in [-0.39, 0.29) is 0 Å². The van der Waals surface area contributed by atoms with Crippen LogP contribution >= 0.6 is 0 Å². The van der Waals surface area contributed by atoms with E-state index in [4.69, 9.17) is 0 Å². The molecule has 2 bridgehead atoms. The lowest BCUT2D eigenvalue weighted by atomic mass is 9.80. The van der Waals surface area contributed by atoms with Crippen LogP contribution in [-0.4, -0.2) is 0 Å². The normalized spacial score (nSPS) is 39.5. The summed E-state index contributed by atoms with van der Waals surface area (Å²) >= 11 is 0. The minimum absolute atomic E-state index is 1.01. The first-order valence-electron chi connectivity index (χ1n) is 5.26. The molecule has 0 amide bonds. The summed E-state index contributed by atoms with van der Waals surface area (Å²) in [5, 5.41) is 0. The van der Waals surface area contributed by atoms with Gasteiger partial charge in [-0.2, -0.15) is 0 Å². The van der Waals surface area contributed by atoms with Gasteiger partial charge in [0.15, 0.2) is 0 Å². The van der Waals surface area contributed by atoms with E-state index in [0.29, 0.717) is 0 Å². The molecule has 3 rings (SSSR count). The molecule has 0 aliphatic heterocycles. The maximum Gasteiger partial charge on any atom is -0.0286 e. The minimum Gasteiger partial charge on any atom is -0.0882 e. The molecule has 3 aliphatic carbocycles. The van der Waals surface area contributed by atoms with Crippen molar-refractivity contribution in [3.8, 4) is 0 Å². The molecule has 1 fully saturated rings. The first kappa shape index (κ1) is 6.94. The van der Waals surface area contributed by atoms with Gasteiger partial charge in [0.05, 0.1) is 0 Å². The van der Waals surface area contributed by atoms with Crippen LogP contribution in [0.25, 0.3) is 0 Å². The van der Waals surface area contributed by atoms with Crippen molar-refractivity contribution in [1.82, 2.24) is 0 Å². The van der Waals surface area contributed by atoms with Crippen LogP contribution in [0.15, 0.2) is 23.8 Å². The third-order valence-electron chi connectivity index (χ3n) is 3.99. The van der Waals surface area contributed by atoms with Gasteiger partial charge in [-0.15, -0.1) is 0 Å². The summed E-state index contributed by atoms with van der Waals surface area (Å²) in [6.07, 6.45) is 14.3. The molecule has 0 spiro atoms. The summed E-state index contributed by atoms with van der Waals surface area (Å²) in [5.41, 5.74) is 1.77. The summed E-state index contributed by atoms with van der Waals surface area (Å²) in [6.45, 7) is 0. The third-order valence-corrected chi connectivity index (χ3v) is 3.99. The van der Waals surface area contributed by atoms with E-state index in [1.54, 1.807) is 5.57 Å². The fourth-order valence-electron chi connectivity index (χ4n) is 3.32. The Morgan fingerprint density at radius 3 is 2.33 bits per heavy atom. The van der Waals surface area contributed by atoms with Gasteiger partial charge in [0, 0.05) is 0 Å². The highest BCUT2D eigenvalue weighted by Crippen LogP contribution is 2.49. The monoisotopic (exact) mass is 160 g/mol. The van der Waals surface area contributed by atoms with E-state index in [9.17, 15) is 0 Å². The maximum absolute atomic E-state index is 2.49. The molecule has 0 heterocycles. The highest BCUT2D eigenvalue weighted by Gasteiger charge is 2.38. The Kier molecular flexibility index (Phi) is 1.44. The molecule has 64 valence electrons. The second kappa shape index (κ2) is 2.48. The van der Waals surface area contributed by atoms with Crippen molar-refractivity contribution in [2.75, 3.05) is 0 Å². The standard InChI is InChI=1S/C12H16/c1-2-4-10(3-1)12-8-9-5-6-11(12)7-9/h1-2,5,10-12H,3-4,6-8H2. The van der Waals surface area contributed by atoms with Gasteiger partial charge in [-0.05, 0) is 49.9 Å². The minimum atomic E-state index is 1.01. The van der Waals surface area contributed by atoms with E-state index >= 15 is 0 Å². The van der Waals surface area contributed by atoms with Gasteiger partial charge < -0.3 is 0 Å². The highest BCUT2D eigenvalue weighted by molar-refractivity contribution is 5.20. The van der Waals surface area contributed by atoms with E-state index in [0.717, 1.165) is 17.8 Å². The molecule has 2 atom stereocenters. The summed E-state index contributed by atoms with van der Waals surface area (Å²) in [6, 6.07) is 0. The Morgan fingerprint density at radius 2 is 1.75 bits per heavy atom. The van der Waals surface area contributed by atoms with Gasteiger partial charge >= 0.3 is 0 Å². The molecule has 0 saturated heterocycles. The van der Waals surface area contributed by atoms with E-state index in [1.165, 1.54) is 32.1 Å². The van der Waals surface area contributed by atoms with Crippen LogP contribution in [0.5, 0.6) is 0 Å². The Morgan fingerprint density at radius 1 is 0.917 bits per heavy atom. The molecular formula is C12H16. The predicted molar refractivity (Wildman–Crippen MR) is 50.8 cm³/mol. The van der Waals surface area contributed by atoms with E-state index in [1.807, 2.05) is 0 Å². The molecular weight excluding hydrogens is 144 g/mol. The molecule has 0 aromatic rings. The molecule has 0 heteroatoms. The van der Waals surface area contributed by atoms with Gasteiger partial charge in [-0.25, -0.2) is 0 Å². The number of fused-ring (bicyclic) bond motifs is 2. The van der Waals surface area contributed by atoms with Gasteiger partial charge in [0.1, 0.15) is 0 Å². The SMILES string of the molecule is C1=CCC(C2CC3=CCC2C3)C1. The van der Waals surface area contributed by atoms with Gasteiger partial charge in [0.2, 0.25) is 0 Å². The average Bonchev–Trinajstić information content (AvgIpc) is 2.81. The predicted octanol–water partition coefficient (Wildman–Crippen LogP) is 3.31. The van der Waals surface area contributed by atoms with Crippen molar-refractivity contribution in [2.24, 2.45) is 17.8 Å². The van der Waals surface area contributed by atoms with Crippen LogP contribution in [0, 0.1) is 17.8 Å². The average molecular weight is 160 g/mol. The van der Waals surface area contributed by atoms with Gasteiger partial charge in [-0.1, -0.05) is 23.8 Å². The molecule has 12 heavy (non-hydrogen) atoms. The smallest absolute Gasteiger partial charge is 0.0286 e. The molecule has 0 aromatic carbocycles. The molecule has 0 aromatic heterocycles. The molecule has 2 unspecified atom stereocenters. The van der Waals surface area contributed by atoms with Crippen LogP contribution in [-0.2, 0) is 0 Å². The molecule has 0 radical (unpaired) electrons. The van der Waals surface area contributed by atoms with Crippen molar-refractivity contribution >= 4 is 0 Å². The summed E-state index contributed by atoms with van der Waals surface area (Å²) < 4.78 is 0. The Hall–Kier alpha value is -0.520. The summed E-state index contributed by atoms with van der Waals surface area (Å²) in [4.78, 5) is 0. The molecule has 0 N–H and O–H groups in total. The molecule has 0 nitrogen and oxygen atoms in total. The molecule has 3 aliphatic rings. The van der Waals surface area contributed by atoms with Crippen molar-refractivity contribution in [3.63, 3.8) is 0 Å². The van der Waals surface area contributed by atoms with Crippen LogP contribution in [0.4, 0.5) is 0 Å². The largest absolute Gasteiger partial charge is 0.0882 e. The second-order valence-electron chi connectivity index (χ2n) is 4.63.